The lowest BCUT2D eigenvalue weighted by Gasteiger charge is -2.27. The molecule has 0 aliphatic carbocycles. The van der Waals surface area contributed by atoms with E-state index in [1.807, 2.05) is 0 Å². The van der Waals surface area contributed by atoms with Gasteiger partial charge in [0.2, 0.25) is 0 Å². The number of fused-ring (bicyclic) bond motifs is 3. The van der Waals surface area contributed by atoms with Crippen LogP contribution in [0.2, 0.25) is 0 Å². The van der Waals surface area contributed by atoms with Gasteiger partial charge in [0.25, 0.3) is 0 Å². The molecule has 9 aromatic carbocycles. The summed E-state index contributed by atoms with van der Waals surface area (Å²) in [6.45, 7) is 0. The number of rotatable bonds is 5. The molecule has 224 valence electrons. The SMILES string of the molecule is c1ccc(N(c2ccccc2)c2ccc3ccc4c(-c5cccc(-n6c7ccccc7c7ccccc76)c5)ccc5ccc2c3c54)cc1. The summed E-state index contributed by atoms with van der Waals surface area (Å²) in [5.41, 5.74) is 9.52. The maximum absolute atomic E-state index is 2.40. The highest BCUT2D eigenvalue weighted by Gasteiger charge is 2.19. The molecule has 48 heavy (non-hydrogen) atoms. The summed E-state index contributed by atoms with van der Waals surface area (Å²) >= 11 is 0. The number of anilines is 3. The summed E-state index contributed by atoms with van der Waals surface area (Å²) < 4.78 is 2.40. The number of nitrogens with zero attached hydrogens (tertiary/aromatic N) is 2. The summed E-state index contributed by atoms with van der Waals surface area (Å²) in [7, 11) is 0. The Morgan fingerprint density at radius 1 is 0.375 bits per heavy atom. The van der Waals surface area contributed by atoms with Crippen molar-refractivity contribution in [2.75, 3.05) is 4.90 Å². The average molecular weight is 611 g/mol. The first-order valence-electron chi connectivity index (χ1n) is 16.5. The third-order valence-corrected chi connectivity index (χ3v) is 9.91. The normalized spacial score (nSPS) is 11.8. The van der Waals surface area contributed by atoms with Gasteiger partial charge in [0.05, 0.1) is 16.7 Å². The Balaban J connectivity index is 1.20. The monoisotopic (exact) mass is 610 g/mol. The van der Waals surface area contributed by atoms with Gasteiger partial charge >= 0.3 is 0 Å². The van der Waals surface area contributed by atoms with E-state index in [0.29, 0.717) is 0 Å². The lowest BCUT2D eigenvalue weighted by atomic mass is 9.89. The molecule has 0 fully saturated rings. The van der Waals surface area contributed by atoms with Gasteiger partial charge in [0.1, 0.15) is 0 Å². The third-order valence-electron chi connectivity index (χ3n) is 9.91. The Bertz CT molecular complexity index is 2680. The van der Waals surface area contributed by atoms with Gasteiger partial charge in [0, 0.05) is 33.2 Å². The average Bonchev–Trinajstić information content (AvgIpc) is 3.50. The fourth-order valence-electron chi connectivity index (χ4n) is 7.83. The van der Waals surface area contributed by atoms with Crippen molar-refractivity contribution in [1.29, 1.82) is 0 Å². The molecule has 0 saturated carbocycles. The molecule has 0 bridgehead atoms. The van der Waals surface area contributed by atoms with E-state index >= 15 is 0 Å². The van der Waals surface area contributed by atoms with Crippen LogP contribution >= 0.6 is 0 Å². The van der Waals surface area contributed by atoms with E-state index in [1.54, 1.807) is 0 Å². The van der Waals surface area contributed by atoms with Crippen LogP contribution in [0.3, 0.4) is 0 Å². The molecule has 0 spiro atoms. The van der Waals surface area contributed by atoms with Crippen LogP contribution in [-0.4, -0.2) is 4.57 Å². The maximum Gasteiger partial charge on any atom is 0.0541 e. The van der Waals surface area contributed by atoms with Crippen molar-refractivity contribution in [1.82, 2.24) is 4.57 Å². The summed E-state index contributed by atoms with van der Waals surface area (Å²) in [5, 5.41) is 10.2. The van der Waals surface area contributed by atoms with Gasteiger partial charge in [0.15, 0.2) is 0 Å². The Labute approximate surface area is 278 Å². The first kappa shape index (κ1) is 26.8. The van der Waals surface area contributed by atoms with Crippen molar-refractivity contribution in [3.8, 4) is 16.8 Å². The van der Waals surface area contributed by atoms with Crippen molar-refractivity contribution in [3.63, 3.8) is 0 Å². The topological polar surface area (TPSA) is 8.17 Å². The molecule has 0 aliphatic heterocycles. The van der Waals surface area contributed by atoms with E-state index < -0.39 is 0 Å². The summed E-state index contributed by atoms with van der Waals surface area (Å²) in [6, 6.07) is 66.2. The van der Waals surface area contributed by atoms with Crippen LogP contribution in [0.15, 0.2) is 182 Å². The third kappa shape index (κ3) is 4.00. The van der Waals surface area contributed by atoms with E-state index in [1.165, 1.54) is 76.6 Å². The summed E-state index contributed by atoms with van der Waals surface area (Å²) in [5.74, 6) is 0. The van der Waals surface area contributed by atoms with Crippen LogP contribution in [0.5, 0.6) is 0 Å². The van der Waals surface area contributed by atoms with Gasteiger partial charge in [-0.15, -0.1) is 0 Å². The van der Waals surface area contributed by atoms with Crippen LogP contribution in [-0.2, 0) is 0 Å². The quantitative estimate of drug-likeness (QED) is 0.176. The van der Waals surface area contributed by atoms with Crippen molar-refractivity contribution >= 4 is 71.2 Å². The molecule has 0 unspecified atom stereocenters. The second kappa shape index (κ2) is 10.6. The molecule has 1 aromatic heterocycles. The van der Waals surface area contributed by atoms with Crippen LogP contribution < -0.4 is 4.90 Å². The molecule has 2 nitrogen and oxygen atoms in total. The predicted octanol–water partition coefficient (Wildman–Crippen LogP) is 12.8. The standard InChI is InChI=1S/C46H30N2/c1-3-13-34(14-4-1)47(35-15-5-2-6-16-35)44-29-25-32-23-27-40-37(26-22-31-24-28-41(44)46(32)45(31)40)33-12-11-17-36(30-33)48-42-20-9-7-18-38(42)39-19-8-10-21-43(39)48/h1-30H. The highest BCUT2D eigenvalue weighted by molar-refractivity contribution is 6.28. The van der Waals surface area contributed by atoms with Crippen molar-refractivity contribution < 1.29 is 0 Å². The minimum Gasteiger partial charge on any atom is -0.310 e. The van der Waals surface area contributed by atoms with Gasteiger partial charge in [-0.1, -0.05) is 127 Å². The van der Waals surface area contributed by atoms with Crippen molar-refractivity contribution in [2.24, 2.45) is 0 Å². The van der Waals surface area contributed by atoms with E-state index in [9.17, 15) is 0 Å². The lowest BCUT2D eigenvalue weighted by Crippen LogP contribution is -2.10. The zero-order valence-corrected chi connectivity index (χ0v) is 26.2. The number of benzene rings is 9. The van der Waals surface area contributed by atoms with Gasteiger partial charge in [-0.25, -0.2) is 0 Å². The zero-order chi connectivity index (χ0) is 31.6. The molecule has 2 heteroatoms. The summed E-state index contributed by atoms with van der Waals surface area (Å²) in [4.78, 5) is 2.38. The fraction of sp³-hybridized carbons (Fsp3) is 0. The smallest absolute Gasteiger partial charge is 0.0541 e. The van der Waals surface area contributed by atoms with Crippen LogP contribution in [0.4, 0.5) is 17.1 Å². The van der Waals surface area contributed by atoms with Gasteiger partial charge in [-0.2, -0.15) is 0 Å². The zero-order valence-electron chi connectivity index (χ0n) is 26.2. The predicted molar refractivity (Wildman–Crippen MR) is 205 cm³/mol. The first-order chi connectivity index (χ1) is 23.8. The van der Waals surface area contributed by atoms with Gasteiger partial charge in [-0.3, -0.25) is 0 Å². The minimum atomic E-state index is 1.14. The molecular weight excluding hydrogens is 581 g/mol. The maximum atomic E-state index is 2.40. The minimum absolute atomic E-state index is 1.14. The fourth-order valence-corrected chi connectivity index (χ4v) is 7.83. The Hall–Kier alpha value is -6.38. The van der Waals surface area contributed by atoms with Crippen LogP contribution in [0.25, 0.3) is 70.9 Å². The number of para-hydroxylation sites is 4. The Kier molecular flexibility index (Phi) is 5.91. The molecule has 0 radical (unpaired) electrons. The Morgan fingerprint density at radius 3 is 1.58 bits per heavy atom. The van der Waals surface area contributed by atoms with E-state index in [2.05, 4.69) is 191 Å². The molecule has 0 aliphatic rings. The van der Waals surface area contributed by atoms with Crippen LogP contribution in [0.1, 0.15) is 0 Å². The molecule has 1 heterocycles. The molecule has 0 amide bonds. The molecule has 10 aromatic rings. The highest BCUT2D eigenvalue weighted by atomic mass is 15.1. The van der Waals surface area contributed by atoms with Crippen LogP contribution in [0, 0.1) is 0 Å². The van der Waals surface area contributed by atoms with E-state index in [-0.39, 0.29) is 0 Å². The van der Waals surface area contributed by atoms with Crippen molar-refractivity contribution in [2.45, 2.75) is 0 Å². The highest BCUT2D eigenvalue weighted by Crippen LogP contribution is 2.45. The number of aromatic nitrogens is 1. The Morgan fingerprint density at radius 2 is 0.917 bits per heavy atom. The molecule has 10 rings (SSSR count). The second-order valence-corrected chi connectivity index (χ2v) is 12.5. The largest absolute Gasteiger partial charge is 0.310 e. The molecular formula is C46H30N2. The van der Waals surface area contributed by atoms with Gasteiger partial charge < -0.3 is 9.47 Å². The number of hydrogen-bond donors (Lipinski definition) is 0. The second-order valence-electron chi connectivity index (χ2n) is 12.5. The molecule has 0 atom stereocenters. The van der Waals surface area contributed by atoms with Gasteiger partial charge in [-0.05, 0) is 92.7 Å². The van der Waals surface area contributed by atoms with E-state index in [4.69, 9.17) is 0 Å². The molecule has 0 N–H and O–H groups in total. The first-order valence-corrected chi connectivity index (χ1v) is 16.5. The lowest BCUT2D eigenvalue weighted by molar-refractivity contribution is 1.18. The number of hydrogen-bond acceptors (Lipinski definition) is 1. The summed E-state index contributed by atoms with van der Waals surface area (Å²) in [6.07, 6.45) is 0. The van der Waals surface area contributed by atoms with Crippen molar-refractivity contribution in [3.05, 3.63) is 182 Å². The molecule has 0 saturated heterocycles. The van der Waals surface area contributed by atoms with E-state index in [0.717, 1.165) is 11.4 Å².